The third-order valence-corrected chi connectivity index (χ3v) is 3.16. The van der Waals surface area contributed by atoms with Gasteiger partial charge in [0.2, 0.25) is 0 Å². The minimum absolute atomic E-state index is 0.704. The average molecular weight is 175 g/mol. The Morgan fingerprint density at radius 3 is 3.08 bits per heavy atom. The summed E-state index contributed by atoms with van der Waals surface area (Å²) in [4.78, 5) is 4.44. The van der Waals surface area contributed by atoms with E-state index in [1.165, 1.54) is 31.4 Å². The van der Waals surface area contributed by atoms with Gasteiger partial charge in [0.25, 0.3) is 0 Å². The first kappa shape index (κ1) is 8.74. The first-order valence-corrected chi connectivity index (χ1v) is 5.29. The van der Waals surface area contributed by atoms with E-state index in [0.29, 0.717) is 5.92 Å². The lowest BCUT2D eigenvalue weighted by Crippen LogP contribution is -1.99. The molecule has 70 valence electrons. The highest BCUT2D eigenvalue weighted by Gasteiger charge is 2.17. The summed E-state index contributed by atoms with van der Waals surface area (Å²) in [5, 5.41) is 0. The summed E-state index contributed by atoms with van der Waals surface area (Å²) in [5.41, 5.74) is 4.46. The van der Waals surface area contributed by atoms with Crippen LogP contribution in [-0.4, -0.2) is 4.98 Å². The fourth-order valence-electron chi connectivity index (χ4n) is 2.17. The van der Waals surface area contributed by atoms with Crippen molar-refractivity contribution in [1.29, 1.82) is 0 Å². The second-order valence-electron chi connectivity index (χ2n) is 3.99. The smallest absolute Gasteiger partial charge is 0.0438 e. The summed E-state index contributed by atoms with van der Waals surface area (Å²) in [7, 11) is 0. The highest BCUT2D eigenvalue weighted by atomic mass is 14.7. The Hall–Kier alpha value is -0.850. The Morgan fingerprint density at radius 1 is 1.46 bits per heavy atom. The van der Waals surface area contributed by atoms with Gasteiger partial charge in [-0.2, -0.15) is 0 Å². The molecular weight excluding hydrogens is 158 g/mol. The minimum atomic E-state index is 0.704. The molecule has 13 heavy (non-hydrogen) atoms. The van der Waals surface area contributed by atoms with Crippen LogP contribution in [0, 0.1) is 0 Å². The quantitative estimate of drug-likeness (QED) is 0.673. The monoisotopic (exact) mass is 175 g/mol. The van der Waals surface area contributed by atoms with Crippen LogP contribution in [0.3, 0.4) is 0 Å². The van der Waals surface area contributed by atoms with E-state index in [0.717, 1.165) is 0 Å². The number of nitrogens with zero attached hydrogens (tertiary/aromatic N) is 1. The molecule has 1 aliphatic carbocycles. The van der Waals surface area contributed by atoms with Gasteiger partial charge in [0, 0.05) is 11.9 Å². The molecule has 0 aromatic carbocycles. The van der Waals surface area contributed by atoms with Gasteiger partial charge in [-0.25, -0.2) is 0 Å². The van der Waals surface area contributed by atoms with Crippen LogP contribution in [0.15, 0.2) is 12.3 Å². The van der Waals surface area contributed by atoms with Crippen molar-refractivity contribution in [3.8, 4) is 0 Å². The van der Waals surface area contributed by atoms with E-state index in [1.54, 1.807) is 11.1 Å². The van der Waals surface area contributed by atoms with Gasteiger partial charge in [0.15, 0.2) is 0 Å². The van der Waals surface area contributed by atoms with Crippen LogP contribution < -0.4 is 0 Å². The Kier molecular flexibility index (Phi) is 2.34. The molecule has 0 N–H and O–H groups in total. The third-order valence-electron chi connectivity index (χ3n) is 3.16. The molecule has 1 atom stereocenters. The van der Waals surface area contributed by atoms with Gasteiger partial charge < -0.3 is 0 Å². The van der Waals surface area contributed by atoms with E-state index < -0.39 is 0 Å². The predicted molar refractivity (Wildman–Crippen MR) is 55.0 cm³/mol. The van der Waals surface area contributed by atoms with Gasteiger partial charge in [-0.15, -0.1) is 0 Å². The largest absolute Gasteiger partial charge is 0.261 e. The summed E-state index contributed by atoms with van der Waals surface area (Å²) >= 11 is 0. The molecule has 0 saturated carbocycles. The Balaban J connectivity index is 2.41. The molecule has 2 rings (SSSR count). The molecule has 1 heteroatoms. The number of hydrogen-bond acceptors (Lipinski definition) is 1. The van der Waals surface area contributed by atoms with Crippen LogP contribution in [0.2, 0.25) is 0 Å². The fourth-order valence-corrected chi connectivity index (χ4v) is 2.17. The summed E-state index contributed by atoms with van der Waals surface area (Å²) in [5.74, 6) is 0.704. The van der Waals surface area contributed by atoms with E-state index in [2.05, 4.69) is 24.9 Å². The summed E-state index contributed by atoms with van der Waals surface area (Å²) in [6, 6.07) is 2.21. The van der Waals surface area contributed by atoms with Crippen molar-refractivity contribution < 1.29 is 0 Å². The van der Waals surface area contributed by atoms with Crippen LogP contribution in [0.5, 0.6) is 0 Å². The van der Waals surface area contributed by atoms with Crippen LogP contribution in [-0.2, 0) is 12.8 Å². The predicted octanol–water partition coefficient (Wildman–Crippen LogP) is 3.08. The third kappa shape index (κ3) is 1.48. The molecule has 0 saturated heterocycles. The van der Waals surface area contributed by atoms with Crippen LogP contribution >= 0.6 is 0 Å². The molecule has 1 unspecified atom stereocenters. The maximum absolute atomic E-state index is 4.44. The van der Waals surface area contributed by atoms with Gasteiger partial charge in [-0.1, -0.05) is 13.8 Å². The van der Waals surface area contributed by atoms with Crippen LogP contribution in [0.4, 0.5) is 0 Å². The van der Waals surface area contributed by atoms with Crippen LogP contribution in [0.25, 0.3) is 0 Å². The second-order valence-corrected chi connectivity index (χ2v) is 3.99. The van der Waals surface area contributed by atoms with Crippen molar-refractivity contribution in [1.82, 2.24) is 4.98 Å². The second kappa shape index (κ2) is 3.49. The minimum Gasteiger partial charge on any atom is -0.261 e. The van der Waals surface area contributed by atoms with Gasteiger partial charge in [0.05, 0.1) is 0 Å². The van der Waals surface area contributed by atoms with Crippen molar-refractivity contribution in [2.24, 2.45) is 0 Å². The zero-order chi connectivity index (χ0) is 9.26. The Labute approximate surface area is 80.2 Å². The van der Waals surface area contributed by atoms with Gasteiger partial charge >= 0.3 is 0 Å². The summed E-state index contributed by atoms with van der Waals surface area (Å²) in [6.07, 6.45) is 6.96. The van der Waals surface area contributed by atoms with Gasteiger partial charge in [0.1, 0.15) is 0 Å². The number of aryl methyl sites for hydroxylation is 1. The standard InChI is InChI=1S/C12H17N/c1-3-9(2)10-7-8-13-12-6-4-5-11(10)12/h7-9H,3-6H2,1-2H3. The number of hydrogen-bond donors (Lipinski definition) is 0. The lowest BCUT2D eigenvalue weighted by atomic mass is 9.94. The van der Waals surface area contributed by atoms with E-state index >= 15 is 0 Å². The highest BCUT2D eigenvalue weighted by molar-refractivity contribution is 5.35. The molecule has 0 aliphatic heterocycles. The van der Waals surface area contributed by atoms with Gasteiger partial charge in [-0.05, 0) is 48.8 Å². The molecule has 1 aromatic heterocycles. The number of pyridine rings is 1. The van der Waals surface area contributed by atoms with Gasteiger partial charge in [-0.3, -0.25) is 4.98 Å². The lowest BCUT2D eigenvalue weighted by molar-refractivity contribution is 0.722. The van der Waals surface area contributed by atoms with Crippen molar-refractivity contribution in [2.45, 2.75) is 45.4 Å². The molecule has 1 aliphatic rings. The molecule has 0 amide bonds. The first-order chi connectivity index (χ1) is 6.33. The highest BCUT2D eigenvalue weighted by Crippen LogP contribution is 2.29. The van der Waals surface area contributed by atoms with E-state index in [1.807, 2.05) is 6.20 Å². The molecule has 0 bridgehead atoms. The maximum Gasteiger partial charge on any atom is 0.0438 e. The summed E-state index contributed by atoms with van der Waals surface area (Å²) in [6.45, 7) is 4.57. The zero-order valence-electron chi connectivity index (χ0n) is 8.51. The molecule has 0 spiro atoms. The normalized spacial score (nSPS) is 17.1. The van der Waals surface area contributed by atoms with Crippen molar-refractivity contribution in [3.63, 3.8) is 0 Å². The molecule has 1 aromatic rings. The Bertz CT molecular complexity index is 304. The molecular formula is C12H17N. The molecule has 1 heterocycles. The number of aromatic nitrogens is 1. The van der Waals surface area contributed by atoms with E-state index in [-0.39, 0.29) is 0 Å². The number of fused-ring (bicyclic) bond motifs is 1. The van der Waals surface area contributed by atoms with Crippen molar-refractivity contribution >= 4 is 0 Å². The van der Waals surface area contributed by atoms with E-state index in [9.17, 15) is 0 Å². The molecule has 0 fully saturated rings. The van der Waals surface area contributed by atoms with Crippen LogP contribution in [0.1, 0.15) is 49.4 Å². The molecule has 1 nitrogen and oxygen atoms in total. The summed E-state index contributed by atoms with van der Waals surface area (Å²) < 4.78 is 0. The number of rotatable bonds is 2. The van der Waals surface area contributed by atoms with Crippen molar-refractivity contribution in [3.05, 3.63) is 29.1 Å². The van der Waals surface area contributed by atoms with Crippen molar-refractivity contribution in [2.75, 3.05) is 0 Å². The first-order valence-electron chi connectivity index (χ1n) is 5.29. The molecule has 0 radical (unpaired) electrons. The zero-order valence-corrected chi connectivity index (χ0v) is 8.51. The lowest BCUT2D eigenvalue weighted by Gasteiger charge is -2.13. The SMILES string of the molecule is CCC(C)c1ccnc2c1CCC2. The average Bonchev–Trinajstić information content (AvgIpc) is 2.63. The maximum atomic E-state index is 4.44. The Morgan fingerprint density at radius 2 is 2.31 bits per heavy atom. The topological polar surface area (TPSA) is 12.9 Å². The van der Waals surface area contributed by atoms with E-state index in [4.69, 9.17) is 0 Å². The fraction of sp³-hybridized carbons (Fsp3) is 0.583.